The van der Waals surface area contributed by atoms with E-state index in [-0.39, 0.29) is 16.9 Å². The number of primary sulfonamides is 1. The summed E-state index contributed by atoms with van der Waals surface area (Å²) in [6, 6.07) is 15.9. The Morgan fingerprint density at radius 3 is 2.31 bits per heavy atom. The molecule has 2 aromatic carbocycles. The molecule has 0 unspecified atom stereocenters. The lowest BCUT2D eigenvalue weighted by atomic mass is 10.1. The number of hydrogen-bond donors (Lipinski definition) is 1. The van der Waals surface area contributed by atoms with Crippen molar-refractivity contribution >= 4 is 39.4 Å². The van der Waals surface area contributed by atoms with Crippen molar-refractivity contribution in [3.63, 3.8) is 0 Å². The van der Waals surface area contributed by atoms with Crippen LogP contribution in [0.1, 0.15) is 36.9 Å². The minimum atomic E-state index is -3.84. The van der Waals surface area contributed by atoms with Crippen LogP contribution >= 0.6 is 0 Å². The molecule has 2 N–H and O–H groups in total. The van der Waals surface area contributed by atoms with E-state index in [1.165, 1.54) is 29.3 Å². The average molecular weight is 494 g/mol. The highest BCUT2D eigenvalue weighted by Crippen LogP contribution is 2.28. The first-order valence-corrected chi connectivity index (χ1v) is 12.2. The van der Waals surface area contributed by atoms with Crippen LogP contribution in [0.4, 0.5) is 5.69 Å². The fraction of sp³-hybridized carbons (Fsp3) is 0.160. The normalized spacial score (nSPS) is 15.1. The Morgan fingerprint density at radius 2 is 1.71 bits per heavy atom. The van der Waals surface area contributed by atoms with E-state index in [0.717, 1.165) is 5.56 Å². The molecule has 0 spiro atoms. The minimum absolute atomic E-state index is 0.0580. The van der Waals surface area contributed by atoms with E-state index in [1.54, 1.807) is 63.2 Å². The number of sulfonamides is 1. The predicted octanol–water partition coefficient (Wildman–Crippen LogP) is 3.97. The second-order valence-electron chi connectivity index (χ2n) is 8.13. The molecule has 3 aromatic rings. The molecule has 1 aliphatic heterocycles. The Kier molecular flexibility index (Phi) is 6.42. The fourth-order valence-corrected chi connectivity index (χ4v) is 3.93. The maximum absolute atomic E-state index is 13.0. The average Bonchev–Trinajstić information content (AvgIpc) is 3.38. The molecular weight excluding hydrogens is 470 g/mol. The van der Waals surface area contributed by atoms with Gasteiger partial charge in [-0.25, -0.2) is 18.4 Å². The van der Waals surface area contributed by atoms with Gasteiger partial charge in [0.05, 0.1) is 33.5 Å². The molecule has 1 aliphatic rings. The van der Waals surface area contributed by atoms with Gasteiger partial charge in [-0.15, -0.1) is 0 Å². The molecule has 9 nitrogen and oxygen atoms in total. The Morgan fingerprint density at radius 1 is 1.06 bits per heavy atom. The first kappa shape index (κ1) is 24.1. The quantitative estimate of drug-likeness (QED) is 0.408. The third-order valence-corrected chi connectivity index (χ3v) is 6.06. The third-order valence-electron chi connectivity index (χ3n) is 5.13. The third kappa shape index (κ3) is 5.23. The number of ether oxygens (including phenoxy) is 1. The molecule has 4 rings (SSSR count). The number of nitrogens with zero attached hydrogens (tertiary/aromatic N) is 2. The van der Waals surface area contributed by atoms with Gasteiger partial charge in [0.15, 0.2) is 0 Å². The maximum atomic E-state index is 13.0. The van der Waals surface area contributed by atoms with Gasteiger partial charge in [0.2, 0.25) is 10.0 Å². The summed E-state index contributed by atoms with van der Waals surface area (Å²) >= 11 is 0. The lowest BCUT2D eigenvalue weighted by molar-refractivity contribution is -0.114. The summed E-state index contributed by atoms with van der Waals surface area (Å²) in [6.07, 6.45) is 1.39. The van der Waals surface area contributed by atoms with E-state index < -0.39 is 16.0 Å². The van der Waals surface area contributed by atoms with Crippen LogP contribution in [0.25, 0.3) is 17.4 Å². The van der Waals surface area contributed by atoms with Gasteiger partial charge in [-0.2, -0.15) is 10.1 Å². The van der Waals surface area contributed by atoms with Gasteiger partial charge in [-0.3, -0.25) is 4.79 Å². The van der Waals surface area contributed by atoms with E-state index in [0.29, 0.717) is 34.1 Å². The Balaban J connectivity index is 1.52. The van der Waals surface area contributed by atoms with E-state index in [2.05, 4.69) is 5.10 Å². The standard InChI is InChI=1S/C25H23N3O6S/c1-15(2)33-25(30)18-6-4-17(5-7-18)23-13-10-20(34-23)14-22-16(3)27-28(24(22)29)19-8-11-21(12-9-19)35(26,31)32/h4-15H,1-3H3,(H2,26,31,32)/b22-14-. The predicted molar refractivity (Wildman–Crippen MR) is 131 cm³/mol. The summed E-state index contributed by atoms with van der Waals surface area (Å²) in [5.74, 6) is 0.246. The monoisotopic (exact) mass is 493 g/mol. The molecule has 0 aliphatic carbocycles. The summed E-state index contributed by atoms with van der Waals surface area (Å²) in [7, 11) is -3.84. The second kappa shape index (κ2) is 9.32. The molecule has 0 bridgehead atoms. The zero-order valence-electron chi connectivity index (χ0n) is 19.3. The van der Waals surface area contributed by atoms with Crippen LogP contribution in [0.2, 0.25) is 0 Å². The molecule has 1 aromatic heterocycles. The van der Waals surface area contributed by atoms with Crippen LogP contribution in [0.3, 0.4) is 0 Å². The number of hydrazone groups is 1. The molecule has 0 saturated heterocycles. The zero-order valence-corrected chi connectivity index (χ0v) is 20.1. The maximum Gasteiger partial charge on any atom is 0.338 e. The number of rotatable bonds is 6. The van der Waals surface area contributed by atoms with Crippen molar-refractivity contribution in [1.29, 1.82) is 0 Å². The topological polar surface area (TPSA) is 132 Å². The number of esters is 1. The minimum Gasteiger partial charge on any atom is -0.459 e. The largest absolute Gasteiger partial charge is 0.459 e. The first-order valence-electron chi connectivity index (χ1n) is 10.7. The van der Waals surface area contributed by atoms with Gasteiger partial charge in [0.25, 0.3) is 5.91 Å². The fourth-order valence-electron chi connectivity index (χ4n) is 3.42. The number of anilines is 1. The summed E-state index contributed by atoms with van der Waals surface area (Å²) in [5.41, 5.74) is 2.43. The first-order chi connectivity index (χ1) is 16.5. The van der Waals surface area contributed by atoms with Crippen molar-refractivity contribution < 1.29 is 27.2 Å². The highest BCUT2D eigenvalue weighted by Gasteiger charge is 2.29. The Labute approximate surface area is 202 Å². The molecule has 0 saturated carbocycles. The van der Waals surface area contributed by atoms with Crippen LogP contribution in [-0.4, -0.2) is 32.1 Å². The molecule has 180 valence electrons. The van der Waals surface area contributed by atoms with Crippen molar-refractivity contribution in [2.45, 2.75) is 31.8 Å². The lowest BCUT2D eigenvalue weighted by Gasteiger charge is -2.11. The zero-order chi connectivity index (χ0) is 25.3. The summed E-state index contributed by atoms with van der Waals surface area (Å²) in [5, 5.41) is 10.6. The number of carbonyl (C=O) groups excluding carboxylic acids is 2. The van der Waals surface area contributed by atoms with Gasteiger partial charge < -0.3 is 9.15 Å². The van der Waals surface area contributed by atoms with Crippen LogP contribution in [0.5, 0.6) is 0 Å². The number of carbonyl (C=O) groups is 2. The van der Waals surface area contributed by atoms with Crippen LogP contribution in [0.15, 0.2) is 80.7 Å². The van der Waals surface area contributed by atoms with E-state index in [9.17, 15) is 18.0 Å². The van der Waals surface area contributed by atoms with Crippen molar-refractivity contribution in [1.82, 2.24) is 0 Å². The SMILES string of the molecule is CC1=NN(c2ccc(S(N)(=O)=O)cc2)C(=O)/C1=C\c1ccc(-c2ccc(C(=O)OC(C)C)cc2)o1. The lowest BCUT2D eigenvalue weighted by Crippen LogP contribution is -2.21. The highest BCUT2D eigenvalue weighted by atomic mass is 32.2. The summed E-state index contributed by atoms with van der Waals surface area (Å²) < 4.78 is 34.0. The van der Waals surface area contributed by atoms with Gasteiger partial charge in [0, 0.05) is 5.56 Å². The molecule has 0 fully saturated rings. The van der Waals surface area contributed by atoms with E-state index in [4.69, 9.17) is 14.3 Å². The number of furan rings is 1. The summed E-state index contributed by atoms with van der Waals surface area (Å²) in [6.45, 7) is 5.27. The number of nitrogens with two attached hydrogens (primary N) is 1. The molecule has 10 heteroatoms. The van der Waals surface area contributed by atoms with Crippen LogP contribution in [-0.2, 0) is 19.6 Å². The summed E-state index contributed by atoms with van der Waals surface area (Å²) in [4.78, 5) is 24.9. The number of hydrogen-bond acceptors (Lipinski definition) is 7. The molecule has 1 amide bonds. The van der Waals surface area contributed by atoms with E-state index in [1.807, 2.05) is 0 Å². The van der Waals surface area contributed by atoms with Gasteiger partial charge in [0.1, 0.15) is 11.5 Å². The molecular formula is C25H23N3O6S. The van der Waals surface area contributed by atoms with Crippen LogP contribution in [0, 0.1) is 0 Å². The van der Waals surface area contributed by atoms with Crippen molar-refractivity contribution in [2.75, 3.05) is 5.01 Å². The highest BCUT2D eigenvalue weighted by molar-refractivity contribution is 7.89. The van der Waals surface area contributed by atoms with Crippen molar-refractivity contribution in [2.24, 2.45) is 10.2 Å². The molecule has 35 heavy (non-hydrogen) atoms. The molecule has 2 heterocycles. The van der Waals surface area contributed by atoms with Gasteiger partial charge in [-0.05, 0) is 75.4 Å². The molecule has 0 radical (unpaired) electrons. The second-order valence-corrected chi connectivity index (χ2v) is 9.69. The van der Waals surface area contributed by atoms with Crippen molar-refractivity contribution in [3.8, 4) is 11.3 Å². The van der Waals surface area contributed by atoms with Gasteiger partial charge in [-0.1, -0.05) is 12.1 Å². The van der Waals surface area contributed by atoms with E-state index >= 15 is 0 Å². The smallest absolute Gasteiger partial charge is 0.338 e. The Bertz CT molecular complexity index is 1450. The molecule has 0 atom stereocenters. The number of benzene rings is 2. The van der Waals surface area contributed by atoms with Crippen LogP contribution < -0.4 is 10.1 Å². The Hall–Kier alpha value is -4.02. The van der Waals surface area contributed by atoms with Crippen molar-refractivity contribution in [3.05, 3.63) is 77.6 Å². The number of amides is 1. The van der Waals surface area contributed by atoms with Gasteiger partial charge >= 0.3 is 5.97 Å².